The number of hydrogen-bond donors (Lipinski definition) is 3. The van der Waals surface area contributed by atoms with E-state index in [1.807, 2.05) is 20.8 Å². The monoisotopic (exact) mass is 282 g/mol. The van der Waals surface area contributed by atoms with E-state index in [0.717, 1.165) is 6.42 Å². The molecule has 20 heavy (non-hydrogen) atoms. The molecule has 3 N–H and O–H groups in total. The molecule has 0 saturated heterocycles. The molecule has 0 radical (unpaired) electrons. The van der Waals surface area contributed by atoms with Crippen molar-refractivity contribution < 1.29 is 10.0 Å². The van der Waals surface area contributed by atoms with Crippen molar-refractivity contribution in [3.63, 3.8) is 0 Å². The third-order valence-corrected chi connectivity index (χ3v) is 2.75. The van der Waals surface area contributed by atoms with Crippen LogP contribution in [-0.2, 0) is 0 Å². The summed E-state index contributed by atoms with van der Waals surface area (Å²) in [6.07, 6.45) is 0.907. The molecule has 112 valence electrons. The highest BCUT2D eigenvalue weighted by atomic mass is 16.6. The first-order valence-electron chi connectivity index (χ1n) is 6.63. The van der Waals surface area contributed by atoms with Crippen molar-refractivity contribution in [3.8, 4) is 0 Å². The summed E-state index contributed by atoms with van der Waals surface area (Å²) >= 11 is 0. The van der Waals surface area contributed by atoms with Crippen LogP contribution < -0.4 is 10.6 Å². The lowest BCUT2D eigenvalue weighted by atomic mass is 9.95. The van der Waals surface area contributed by atoms with Gasteiger partial charge >= 0.3 is 0 Å². The molecule has 1 heterocycles. The molecule has 1 aromatic heterocycles. The molecule has 0 amide bonds. The lowest BCUT2D eigenvalue weighted by Gasteiger charge is -2.22. The highest BCUT2D eigenvalue weighted by molar-refractivity contribution is 5.54. The fourth-order valence-electron chi connectivity index (χ4n) is 1.44. The smallest absolute Gasteiger partial charge is 0.276 e. The van der Waals surface area contributed by atoms with E-state index in [0.29, 0.717) is 24.7 Å². The molecule has 1 aromatic rings. The number of aromatic nitrogens is 1. The van der Waals surface area contributed by atoms with E-state index < -0.39 is 4.92 Å². The number of anilines is 2. The normalized spacial score (nSPS) is 11.2. The Balaban J connectivity index is 2.88. The molecule has 0 atom stereocenters. The predicted molar refractivity (Wildman–Crippen MR) is 79.0 cm³/mol. The van der Waals surface area contributed by atoms with Crippen LogP contribution >= 0.6 is 0 Å². The number of hydrogen-bond acceptors (Lipinski definition) is 6. The molecule has 7 heteroatoms. The van der Waals surface area contributed by atoms with Crippen LogP contribution in [-0.4, -0.2) is 34.7 Å². The number of aliphatic hydroxyl groups is 1. The maximum Gasteiger partial charge on any atom is 0.276 e. The third-order valence-electron chi connectivity index (χ3n) is 2.75. The third kappa shape index (κ3) is 5.00. The molecule has 0 bridgehead atoms. The summed E-state index contributed by atoms with van der Waals surface area (Å²) in [5.41, 5.74) is -0.327. The highest BCUT2D eigenvalue weighted by Crippen LogP contribution is 2.22. The second-order valence-electron chi connectivity index (χ2n) is 5.46. The van der Waals surface area contributed by atoms with Crippen LogP contribution in [0, 0.1) is 15.5 Å². The maximum absolute atomic E-state index is 10.9. The van der Waals surface area contributed by atoms with Gasteiger partial charge in [-0.05, 0) is 6.42 Å². The Kier molecular flexibility index (Phi) is 5.69. The van der Waals surface area contributed by atoms with Crippen LogP contribution in [0.3, 0.4) is 0 Å². The molecule has 1 rings (SSSR count). The van der Waals surface area contributed by atoms with Gasteiger partial charge in [0.2, 0.25) is 0 Å². The number of nitrogens with one attached hydrogen (secondary N) is 2. The standard InChI is InChI=1S/C13H22N4O3/c1-4-5-14-11-6-10(17(19)20)7-12(16-11)15-8-13(2,3)9-18/h6-7,18H,4-5,8-9H2,1-3H3,(H2,14,15,16). The van der Waals surface area contributed by atoms with Gasteiger partial charge in [-0.1, -0.05) is 20.8 Å². The minimum Gasteiger partial charge on any atom is -0.396 e. The van der Waals surface area contributed by atoms with Gasteiger partial charge in [0.05, 0.1) is 17.1 Å². The van der Waals surface area contributed by atoms with Gasteiger partial charge < -0.3 is 15.7 Å². The quantitative estimate of drug-likeness (QED) is 0.499. The first kappa shape index (κ1) is 16.2. The van der Waals surface area contributed by atoms with E-state index in [2.05, 4.69) is 15.6 Å². The van der Waals surface area contributed by atoms with Crippen molar-refractivity contribution in [1.29, 1.82) is 0 Å². The Hall–Kier alpha value is -1.89. The minimum absolute atomic E-state index is 0.0112. The summed E-state index contributed by atoms with van der Waals surface area (Å²) in [4.78, 5) is 14.8. The van der Waals surface area contributed by atoms with Gasteiger partial charge in [0.15, 0.2) is 0 Å². The van der Waals surface area contributed by atoms with E-state index in [9.17, 15) is 15.2 Å². The number of pyridine rings is 1. The number of nitrogens with zero attached hydrogens (tertiary/aromatic N) is 2. The molecule has 0 aliphatic heterocycles. The van der Waals surface area contributed by atoms with Gasteiger partial charge in [-0.15, -0.1) is 0 Å². The van der Waals surface area contributed by atoms with E-state index in [-0.39, 0.29) is 17.7 Å². The second kappa shape index (κ2) is 7.04. The van der Waals surface area contributed by atoms with Gasteiger partial charge in [0.25, 0.3) is 5.69 Å². The van der Waals surface area contributed by atoms with Gasteiger partial charge in [-0.2, -0.15) is 0 Å². The number of aliphatic hydroxyl groups excluding tert-OH is 1. The zero-order valence-electron chi connectivity index (χ0n) is 12.1. The van der Waals surface area contributed by atoms with Crippen molar-refractivity contribution in [1.82, 2.24) is 4.98 Å². The van der Waals surface area contributed by atoms with Gasteiger partial charge in [0.1, 0.15) is 11.6 Å². The lowest BCUT2D eigenvalue weighted by Crippen LogP contribution is -2.27. The first-order valence-corrected chi connectivity index (χ1v) is 6.63. The van der Waals surface area contributed by atoms with E-state index in [1.165, 1.54) is 12.1 Å². The molecule has 0 saturated carbocycles. The first-order chi connectivity index (χ1) is 9.38. The molecular formula is C13H22N4O3. The fourth-order valence-corrected chi connectivity index (χ4v) is 1.44. The Labute approximate surface area is 118 Å². The van der Waals surface area contributed by atoms with Crippen molar-refractivity contribution in [2.45, 2.75) is 27.2 Å². The Bertz CT molecular complexity index is 463. The largest absolute Gasteiger partial charge is 0.396 e. The number of rotatable bonds is 8. The summed E-state index contributed by atoms with van der Waals surface area (Å²) < 4.78 is 0. The summed E-state index contributed by atoms with van der Waals surface area (Å²) in [6.45, 7) is 7.00. The van der Waals surface area contributed by atoms with E-state index in [1.54, 1.807) is 0 Å². The zero-order valence-corrected chi connectivity index (χ0v) is 12.1. The fraction of sp³-hybridized carbons (Fsp3) is 0.615. The van der Waals surface area contributed by atoms with Crippen LogP contribution in [0.15, 0.2) is 12.1 Å². The minimum atomic E-state index is -0.443. The summed E-state index contributed by atoms with van der Waals surface area (Å²) in [7, 11) is 0. The zero-order chi connectivity index (χ0) is 15.2. The molecule has 0 aliphatic rings. The van der Waals surface area contributed by atoms with Crippen molar-refractivity contribution in [3.05, 3.63) is 22.2 Å². The molecule has 0 unspecified atom stereocenters. The molecule has 0 fully saturated rings. The van der Waals surface area contributed by atoms with Crippen molar-refractivity contribution in [2.75, 3.05) is 30.3 Å². The Morgan fingerprint density at radius 2 is 1.95 bits per heavy atom. The average molecular weight is 282 g/mol. The highest BCUT2D eigenvalue weighted by Gasteiger charge is 2.17. The molecule has 7 nitrogen and oxygen atoms in total. The van der Waals surface area contributed by atoms with Crippen molar-refractivity contribution in [2.24, 2.45) is 5.41 Å². The Morgan fingerprint density at radius 1 is 1.35 bits per heavy atom. The molecule has 0 spiro atoms. The van der Waals surface area contributed by atoms with Gasteiger partial charge in [-0.3, -0.25) is 10.1 Å². The van der Waals surface area contributed by atoms with E-state index >= 15 is 0 Å². The van der Waals surface area contributed by atoms with E-state index in [4.69, 9.17) is 0 Å². The average Bonchev–Trinajstić information content (AvgIpc) is 2.43. The molecule has 0 aromatic carbocycles. The molecule has 0 aliphatic carbocycles. The number of nitro groups is 1. The maximum atomic E-state index is 10.9. The van der Waals surface area contributed by atoms with Crippen LogP contribution in [0.1, 0.15) is 27.2 Å². The molecular weight excluding hydrogens is 260 g/mol. The lowest BCUT2D eigenvalue weighted by molar-refractivity contribution is -0.384. The predicted octanol–water partition coefficient (Wildman–Crippen LogP) is 2.24. The van der Waals surface area contributed by atoms with Gasteiger partial charge in [-0.25, -0.2) is 4.98 Å². The van der Waals surface area contributed by atoms with Crippen molar-refractivity contribution >= 4 is 17.3 Å². The van der Waals surface area contributed by atoms with Crippen LogP contribution in [0.5, 0.6) is 0 Å². The summed E-state index contributed by atoms with van der Waals surface area (Å²) in [6, 6.07) is 2.81. The second-order valence-corrected chi connectivity index (χ2v) is 5.46. The summed E-state index contributed by atoms with van der Waals surface area (Å²) in [5, 5.41) is 26.2. The topological polar surface area (TPSA) is 100 Å². The summed E-state index contributed by atoms with van der Waals surface area (Å²) in [5.74, 6) is 0.907. The van der Waals surface area contributed by atoms with Gasteiger partial charge in [0, 0.05) is 25.1 Å². The Morgan fingerprint density at radius 3 is 2.45 bits per heavy atom. The van der Waals surface area contributed by atoms with Crippen LogP contribution in [0.2, 0.25) is 0 Å². The SMILES string of the molecule is CCCNc1cc([N+](=O)[O-])cc(NCC(C)(C)CO)n1. The van der Waals surface area contributed by atoms with Crippen LogP contribution in [0.25, 0.3) is 0 Å². The van der Waals surface area contributed by atoms with Crippen LogP contribution in [0.4, 0.5) is 17.3 Å².